The standard InChI is InChI=1S/C16H31N/c1-17-13-12-15-10-8-6-4-2-3-5-7-9-11-16(15)14-17/h15-16H,2-14H2,1H3/t15-,16+/m0/s1. The molecule has 17 heavy (non-hydrogen) atoms. The molecule has 0 spiro atoms. The molecule has 2 aliphatic rings. The van der Waals surface area contributed by atoms with E-state index in [1.165, 1.54) is 83.7 Å². The number of hydrogen-bond donors (Lipinski definition) is 0. The second-order valence-electron chi connectivity index (χ2n) is 6.48. The van der Waals surface area contributed by atoms with Crippen molar-refractivity contribution in [1.82, 2.24) is 4.90 Å². The molecule has 1 aliphatic heterocycles. The Hall–Kier alpha value is -0.0400. The van der Waals surface area contributed by atoms with Crippen molar-refractivity contribution in [3.05, 3.63) is 0 Å². The van der Waals surface area contributed by atoms with Gasteiger partial charge in [0.15, 0.2) is 0 Å². The molecule has 100 valence electrons. The topological polar surface area (TPSA) is 3.24 Å². The summed E-state index contributed by atoms with van der Waals surface area (Å²) in [6.45, 7) is 2.73. The third-order valence-electron chi connectivity index (χ3n) is 4.99. The molecule has 1 nitrogen and oxygen atoms in total. The van der Waals surface area contributed by atoms with Crippen LogP contribution in [0.4, 0.5) is 0 Å². The van der Waals surface area contributed by atoms with E-state index in [0.717, 1.165) is 11.8 Å². The lowest BCUT2D eigenvalue weighted by molar-refractivity contribution is 0.124. The summed E-state index contributed by atoms with van der Waals surface area (Å²) < 4.78 is 0. The first-order chi connectivity index (χ1) is 8.36. The largest absolute Gasteiger partial charge is 0.306 e. The van der Waals surface area contributed by atoms with Crippen LogP contribution in [0.2, 0.25) is 0 Å². The summed E-state index contributed by atoms with van der Waals surface area (Å²) >= 11 is 0. The fraction of sp³-hybridized carbons (Fsp3) is 1.00. The van der Waals surface area contributed by atoms with Crippen LogP contribution in [0.5, 0.6) is 0 Å². The molecule has 0 unspecified atom stereocenters. The molecule has 0 aromatic heterocycles. The second kappa shape index (κ2) is 7.41. The van der Waals surface area contributed by atoms with Crippen LogP contribution in [0.3, 0.4) is 0 Å². The van der Waals surface area contributed by atoms with Gasteiger partial charge in [0.25, 0.3) is 0 Å². The summed E-state index contributed by atoms with van der Waals surface area (Å²) in [5.74, 6) is 2.08. The number of nitrogens with zero attached hydrogens (tertiary/aromatic N) is 1. The van der Waals surface area contributed by atoms with Crippen LogP contribution < -0.4 is 0 Å². The smallest absolute Gasteiger partial charge is 0.000926 e. The van der Waals surface area contributed by atoms with Crippen molar-refractivity contribution in [2.45, 2.75) is 70.6 Å². The monoisotopic (exact) mass is 237 g/mol. The lowest BCUT2D eigenvalue weighted by Gasteiger charge is -2.37. The minimum absolute atomic E-state index is 1.02. The van der Waals surface area contributed by atoms with E-state index in [1.54, 1.807) is 0 Å². The number of rotatable bonds is 0. The highest BCUT2D eigenvalue weighted by Crippen LogP contribution is 2.32. The summed E-state index contributed by atoms with van der Waals surface area (Å²) in [5, 5.41) is 0. The van der Waals surface area contributed by atoms with Gasteiger partial charge in [-0.05, 0) is 38.3 Å². The molecule has 1 saturated carbocycles. The molecule has 1 heterocycles. The minimum Gasteiger partial charge on any atom is -0.306 e. The van der Waals surface area contributed by atoms with E-state index in [9.17, 15) is 0 Å². The van der Waals surface area contributed by atoms with Crippen molar-refractivity contribution >= 4 is 0 Å². The predicted octanol–water partition coefficient (Wildman–Crippen LogP) is 4.47. The summed E-state index contributed by atoms with van der Waals surface area (Å²) in [7, 11) is 2.31. The summed E-state index contributed by atoms with van der Waals surface area (Å²) in [4.78, 5) is 2.56. The number of piperidine rings is 1. The Balaban J connectivity index is 1.83. The SMILES string of the molecule is CN1CC[C@@H]2CCCCCCCCCC[C@@H]2C1. The Morgan fingerprint density at radius 1 is 0.647 bits per heavy atom. The molecule has 2 rings (SSSR count). The first kappa shape index (κ1) is 13.4. The zero-order chi connectivity index (χ0) is 11.9. The number of hydrogen-bond acceptors (Lipinski definition) is 1. The van der Waals surface area contributed by atoms with Gasteiger partial charge < -0.3 is 4.90 Å². The average molecular weight is 237 g/mol. The third kappa shape index (κ3) is 4.62. The fourth-order valence-electron chi connectivity index (χ4n) is 3.84. The highest BCUT2D eigenvalue weighted by molar-refractivity contribution is 4.79. The van der Waals surface area contributed by atoms with E-state index in [4.69, 9.17) is 0 Å². The van der Waals surface area contributed by atoms with Gasteiger partial charge in [0.05, 0.1) is 0 Å². The van der Waals surface area contributed by atoms with E-state index in [1.807, 2.05) is 0 Å². The van der Waals surface area contributed by atoms with E-state index < -0.39 is 0 Å². The Bertz CT molecular complexity index is 202. The second-order valence-corrected chi connectivity index (χ2v) is 6.48. The highest BCUT2D eigenvalue weighted by Gasteiger charge is 2.26. The highest BCUT2D eigenvalue weighted by atomic mass is 15.1. The zero-order valence-corrected chi connectivity index (χ0v) is 11.8. The predicted molar refractivity (Wildman–Crippen MR) is 75.3 cm³/mol. The molecule has 0 bridgehead atoms. The van der Waals surface area contributed by atoms with E-state index >= 15 is 0 Å². The van der Waals surface area contributed by atoms with Gasteiger partial charge >= 0.3 is 0 Å². The van der Waals surface area contributed by atoms with Crippen LogP contribution in [-0.4, -0.2) is 25.0 Å². The third-order valence-corrected chi connectivity index (χ3v) is 4.99. The fourth-order valence-corrected chi connectivity index (χ4v) is 3.84. The van der Waals surface area contributed by atoms with Crippen LogP contribution in [0.1, 0.15) is 70.6 Å². The Morgan fingerprint density at radius 2 is 1.18 bits per heavy atom. The van der Waals surface area contributed by atoms with Crippen molar-refractivity contribution in [2.24, 2.45) is 11.8 Å². The van der Waals surface area contributed by atoms with Gasteiger partial charge in [-0.15, -0.1) is 0 Å². The Morgan fingerprint density at radius 3 is 1.82 bits per heavy atom. The van der Waals surface area contributed by atoms with Crippen LogP contribution in [0, 0.1) is 11.8 Å². The molecule has 1 heteroatoms. The van der Waals surface area contributed by atoms with Gasteiger partial charge in [0.2, 0.25) is 0 Å². The van der Waals surface area contributed by atoms with Crippen LogP contribution >= 0.6 is 0 Å². The van der Waals surface area contributed by atoms with Gasteiger partial charge in [-0.2, -0.15) is 0 Å². The molecule has 0 aromatic carbocycles. The average Bonchev–Trinajstić information content (AvgIpc) is 2.31. The maximum atomic E-state index is 2.56. The first-order valence-corrected chi connectivity index (χ1v) is 8.05. The van der Waals surface area contributed by atoms with Gasteiger partial charge in [-0.1, -0.05) is 57.8 Å². The summed E-state index contributed by atoms with van der Waals surface area (Å²) in [6, 6.07) is 0. The number of fused-ring (bicyclic) bond motifs is 1. The lowest BCUT2D eigenvalue weighted by atomic mass is 9.79. The summed E-state index contributed by atoms with van der Waals surface area (Å²) in [5.41, 5.74) is 0. The maximum absolute atomic E-state index is 2.56. The van der Waals surface area contributed by atoms with Gasteiger partial charge in [0.1, 0.15) is 0 Å². The Kier molecular flexibility index (Phi) is 5.84. The normalized spacial score (nSPS) is 34.4. The first-order valence-electron chi connectivity index (χ1n) is 8.05. The van der Waals surface area contributed by atoms with Crippen molar-refractivity contribution < 1.29 is 0 Å². The molecule has 1 aliphatic carbocycles. The molecule has 0 amide bonds. The van der Waals surface area contributed by atoms with E-state index in [0.29, 0.717) is 0 Å². The molecule has 2 atom stereocenters. The number of likely N-dealkylation sites (tertiary alicyclic amines) is 1. The molecular weight excluding hydrogens is 206 g/mol. The van der Waals surface area contributed by atoms with Crippen LogP contribution in [0.15, 0.2) is 0 Å². The van der Waals surface area contributed by atoms with Crippen LogP contribution in [0.25, 0.3) is 0 Å². The van der Waals surface area contributed by atoms with Crippen molar-refractivity contribution in [2.75, 3.05) is 20.1 Å². The van der Waals surface area contributed by atoms with Crippen molar-refractivity contribution in [3.63, 3.8) is 0 Å². The summed E-state index contributed by atoms with van der Waals surface area (Å²) in [6.07, 6.45) is 16.5. The Labute approximate surface area is 108 Å². The van der Waals surface area contributed by atoms with E-state index in [-0.39, 0.29) is 0 Å². The van der Waals surface area contributed by atoms with Gasteiger partial charge in [0, 0.05) is 6.54 Å². The lowest BCUT2D eigenvalue weighted by Crippen LogP contribution is -2.38. The quantitative estimate of drug-likeness (QED) is 0.601. The molecule has 2 fully saturated rings. The maximum Gasteiger partial charge on any atom is 0.000926 e. The van der Waals surface area contributed by atoms with Crippen LogP contribution in [-0.2, 0) is 0 Å². The molecule has 0 N–H and O–H groups in total. The van der Waals surface area contributed by atoms with Gasteiger partial charge in [-0.3, -0.25) is 0 Å². The molecular formula is C16H31N. The zero-order valence-electron chi connectivity index (χ0n) is 11.8. The van der Waals surface area contributed by atoms with E-state index in [2.05, 4.69) is 11.9 Å². The molecule has 1 saturated heterocycles. The molecule has 0 aromatic rings. The van der Waals surface area contributed by atoms with Gasteiger partial charge in [-0.25, -0.2) is 0 Å². The van der Waals surface area contributed by atoms with Crippen molar-refractivity contribution in [1.29, 1.82) is 0 Å². The molecule has 0 radical (unpaired) electrons. The minimum atomic E-state index is 1.02. The van der Waals surface area contributed by atoms with Crippen molar-refractivity contribution in [3.8, 4) is 0 Å².